The van der Waals surface area contributed by atoms with Gasteiger partial charge in [-0.2, -0.15) is 5.10 Å². The fourth-order valence-electron chi connectivity index (χ4n) is 1.57. The van der Waals surface area contributed by atoms with Gasteiger partial charge in [-0.05, 0) is 32.9 Å². The van der Waals surface area contributed by atoms with Crippen molar-refractivity contribution in [2.45, 2.75) is 32.9 Å². The highest BCUT2D eigenvalue weighted by Gasteiger charge is 2.12. The van der Waals surface area contributed by atoms with E-state index in [0.29, 0.717) is 0 Å². The van der Waals surface area contributed by atoms with Crippen LogP contribution in [-0.2, 0) is 6.54 Å². The van der Waals surface area contributed by atoms with E-state index in [0.717, 1.165) is 17.8 Å². The molecule has 4 nitrogen and oxygen atoms in total. The van der Waals surface area contributed by atoms with Gasteiger partial charge >= 0.3 is 0 Å². The molecule has 2 aromatic heterocycles. The highest BCUT2D eigenvalue weighted by atomic mass is 15.1. The fourth-order valence-corrected chi connectivity index (χ4v) is 1.57. The normalized spacial score (nSPS) is 11.7. The minimum Gasteiger partial charge on any atom is -0.308 e. The lowest BCUT2D eigenvalue weighted by molar-refractivity contribution is 0.424. The van der Waals surface area contributed by atoms with E-state index < -0.39 is 0 Å². The summed E-state index contributed by atoms with van der Waals surface area (Å²) >= 11 is 0. The van der Waals surface area contributed by atoms with Gasteiger partial charge in [-0.15, -0.1) is 0 Å². The van der Waals surface area contributed by atoms with Gasteiger partial charge in [0.05, 0.1) is 11.9 Å². The average molecular weight is 230 g/mol. The van der Waals surface area contributed by atoms with Crippen LogP contribution in [0.3, 0.4) is 0 Å². The van der Waals surface area contributed by atoms with E-state index in [4.69, 9.17) is 0 Å². The summed E-state index contributed by atoms with van der Waals surface area (Å²) in [7, 11) is 0. The second-order valence-corrected chi connectivity index (χ2v) is 5.11. The Bertz CT molecular complexity index is 468. The first-order valence-corrected chi connectivity index (χ1v) is 5.74. The zero-order chi connectivity index (χ0) is 12.3. The number of hydrogen-bond donors (Lipinski definition) is 2. The van der Waals surface area contributed by atoms with Crippen molar-refractivity contribution in [1.29, 1.82) is 0 Å². The van der Waals surface area contributed by atoms with Crippen LogP contribution in [0, 0.1) is 0 Å². The Labute approximate surface area is 101 Å². The summed E-state index contributed by atoms with van der Waals surface area (Å²) in [6, 6.07) is 3.96. The first-order valence-electron chi connectivity index (χ1n) is 5.74. The van der Waals surface area contributed by atoms with Crippen LogP contribution < -0.4 is 5.32 Å². The Morgan fingerprint density at radius 2 is 1.94 bits per heavy atom. The van der Waals surface area contributed by atoms with E-state index >= 15 is 0 Å². The predicted molar refractivity (Wildman–Crippen MR) is 68.4 cm³/mol. The van der Waals surface area contributed by atoms with Crippen LogP contribution in [0.2, 0.25) is 0 Å². The summed E-state index contributed by atoms with van der Waals surface area (Å²) in [4.78, 5) is 4.02. The van der Waals surface area contributed by atoms with Crippen LogP contribution in [0.15, 0.2) is 30.7 Å². The summed E-state index contributed by atoms with van der Waals surface area (Å²) in [5.74, 6) is 0. The zero-order valence-corrected chi connectivity index (χ0v) is 10.5. The van der Waals surface area contributed by atoms with Crippen molar-refractivity contribution in [3.8, 4) is 11.3 Å². The number of H-pyrrole nitrogens is 1. The Kier molecular flexibility index (Phi) is 3.24. The number of nitrogens with one attached hydrogen (secondary N) is 2. The molecule has 0 amide bonds. The topological polar surface area (TPSA) is 53.6 Å². The largest absolute Gasteiger partial charge is 0.308 e. The van der Waals surface area contributed by atoms with Crippen molar-refractivity contribution in [3.63, 3.8) is 0 Å². The third kappa shape index (κ3) is 3.14. The summed E-state index contributed by atoms with van der Waals surface area (Å²) in [6.07, 6.45) is 5.45. The van der Waals surface area contributed by atoms with Gasteiger partial charge in [0.15, 0.2) is 0 Å². The summed E-state index contributed by atoms with van der Waals surface area (Å²) in [5, 5.41) is 10.6. The minimum absolute atomic E-state index is 0.104. The first kappa shape index (κ1) is 11.8. The van der Waals surface area contributed by atoms with Crippen molar-refractivity contribution < 1.29 is 0 Å². The van der Waals surface area contributed by atoms with Crippen molar-refractivity contribution in [1.82, 2.24) is 20.5 Å². The van der Waals surface area contributed by atoms with E-state index in [9.17, 15) is 0 Å². The molecule has 17 heavy (non-hydrogen) atoms. The molecule has 90 valence electrons. The lowest BCUT2D eigenvalue weighted by Crippen LogP contribution is -2.35. The second-order valence-electron chi connectivity index (χ2n) is 5.11. The van der Waals surface area contributed by atoms with Crippen molar-refractivity contribution in [2.24, 2.45) is 0 Å². The number of aromatic nitrogens is 3. The second kappa shape index (κ2) is 4.67. The lowest BCUT2D eigenvalue weighted by atomic mass is 10.1. The smallest absolute Gasteiger partial charge is 0.0696 e. The lowest BCUT2D eigenvalue weighted by Gasteiger charge is -2.20. The summed E-state index contributed by atoms with van der Waals surface area (Å²) in [6.45, 7) is 7.26. The molecule has 0 radical (unpaired) electrons. The molecule has 0 aliphatic heterocycles. The first-order chi connectivity index (χ1) is 8.06. The van der Waals surface area contributed by atoms with E-state index in [1.807, 2.05) is 18.3 Å². The molecule has 2 N–H and O–H groups in total. The van der Waals surface area contributed by atoms with Crippen LogP contribution in [0.1, 0.15) is 26.3 Å². The maximum absolute atomic E-state index is 4.11. The molecule has 0 atom stereocenters. The molecule has 0 saturated carbocycles. The number of hydrogen-bond acceptors (Lipinski definition) is 3. The highest BCUT2D eigenvalue weighted by Crippen LogP contribution is 2.20. The number of aromatic amines is 1. The molecular weight excluding hydrogens is 212 g/mol. The zero-order valence-electron chi connectivity index (χ0n) is 10.5. The number of pyridine rings is 1. The quantitative estimate of drug-likeness (QED) is 0.851. The fraction of sp³-hybridized carbons (Fsp3) is 0.385. The van der Waals surface area contributed by atoms with Crippen molar-refractivity contribution >= 4 is 0 Å². The molecule has 0 aliphatic rings. The predicted octanol–water partition coefficient (Wildman–Crippen LogP) is 2.36. The van der Waals surface area contributed by atoms with Gasteiger partial charge in [-0.25, -0.2) is 0 Å². The molecule has 4 heteroatoms. The standard InChI is InChI=1S/C13H18N4/c1-13(2,3)15-8-11-9-16-17-12(11)10-4-6-14-7-5-10/h4-7,9,15H,8H2,1-3H3,(H,16,17). The van der Waals surface area contributed by atoms with Crippen LogP contribution in [0.25, 0.3) is 11.3 Å². The Morgan fingerprint density at radius 3 is 2.59 bits per heavy atom. The van der Waals surface area contributed by atoms with E-state index in [2.05, 4.69) is 41.3 Å². The van der Waals surface area contributed by atoms with Crippen molar-refractivity contribution in [3.05, 3.63) is 36.3 Å². The molecule has 2 rings (SSSR count). The average Bonchev–Trinajstić information content (AvgIpc) is 2.75. The molecule has 0 aliphatic carbocycles. The van der Waals surface area contributed by atoms with Crippen LogP contribution in [0.4, 0.5) is 0 Å². The minimum atomic E-state index is 0.104. The monoisotopic (exact) mass is 230 g/mol. The van der Waals surface area contributed by atoms with Crippen molar-refractivity contribution in [2.75, 3.05) is 0 Å². The molecule has 0 unspecified atom stereocenters. The number of rotatable bonds is 3. The van der Waals surface area contributed by atoms with E-state index in [1.54, 1.807) is 12.4 Å². The molecular formula is C13H18N4. The van der Waals surface area contributed by atoms with Gasteiger partial charge in [0, 0.05) is 35.6 Å². The SMILES string of the molecule is CC(C)(C)NCc1cn[nH]c1-c1ccncc1. The van der Waals surface area contributed by atoms with Crippen LogP contribution >= 0.6 is 0 Å². The van der Waals surface area contributed by atoms with Gasteiger partial charge in [-0.3, -0.25) is 10.1 Å². The molecule has 0 saturated heterocycles. The summed E-state index contributed by atoms with van der Waals surface area (Å²) < 4.78 is 0. The third-order valence-electron chi connectivity index (χ3n) is 2.50. The molecule has 0 aromatic carbocycles. The van der Waals surface area contributed by atoms with E-state index in [1.165, 1.54) is 5.56 Å². The maximum atomic E-state index is 4.11. The summed E-state index contributed by atoms with van der Waals surface area (Å²) in [5.41, 5.74) is 3.45. The number of nitrogens with zero attached hydrogens (tertiary/aromatic N) is 2. The van der Waals surface area contributed by atoms with Gasteiger partial charge in [-0.1, -0.05) is 0 Å². The molecule has 0 spiro atoms. The van der Waals surface area contributed by atoms with E-state index in [-0.39, 0.29) is 5.54 Å². The van der Waals surface area contributed by atoms with Crippen LogP contribution in [-0.4, -0.2) is 20.7 Å². The maximum Gasteiger partial charge on any atom is 0.0696 e. The van der Waals surface area contributed by atoms with Gasteiger partial charge in [0.1, 0.15) is 0 Å². The molecule has 2 aromatic rings. The third-order valence-corrected chi connectivity index (χ3v) is 2.50. The van der Waals surface area contributed by atoms with Gasteiger partial charge in [0.25, 0.3) is 0 Å². The highest BCUT2D eigenvalue weighted by molar-refractivity contribution is 5.61. The Balaban J connectivity index is 2.18. The molecule has 0 fully saturated rings. The molecule has 0 bridgehead atoms. The van der Waals surface area contributed by atoms with Crippen LogP contribution in [0.5, 0.6) is 0 Å². The Morgan fingerprint density at radius 1 is 1.24 bits per heavy atom. The van der Waals surface area contributed by atoms with Gasteiger partial charge < -0.3 is 5.32 Å². The molecule has 2 heterocycles. The Hall–Kier alpha value is -1.68. The van der Waals surface area contributed by atoms with Gasteiger partial charge in [0.2, 0.25) is 0 Å².